The number of amides is 1. The number of nitrogens with zero attached hydrogens (tertiary/aromatic N) is 2. The van der Waals surface area contributed by atoms with E-state index in [2.05, 4.69) is 10.2 Å². The third-order valence-corrected chi connectivity index (χ3v) is 5.39. The van der Waals surface area contributed by atoms with Crippen molar-refractivity contribution >= 4 is 42.3 Å². The second-order valence-corrected chi connectivity index (χ2v) is 6.92. The largest absolute Gasteiger partial charge is 0.340 e. The highest BCUT2D eigenvalue weighted by Gasteiger charge is 2.32. The molecule has 4 nitrogen and oxygen atoms in total. The van der Waals surface area contributed by atoms with Gasteiger partial charge in [0.2, 0.25) is 5.91 Å². The molecule has 0 saturated carbocycles. The van der Waals surface area contributed by atoms with Gasteiger partial charge in [-0.3, -0.25) is 9.69 Å². The molecule has 2 heterocycles. The zero-order valence-corrected chi connectivity index (χ0v) is 16.6. The average Bonchev–Trinajstić information content (AvgIpc) is 2.49. The first-order chi connectivity index (χ1) is 11.1. The number of hydrogen-bond acceptors (Lipinski definition) is 3. The predicted molar refractivity (Wildman–Crippen MR) is 103 cm³/mol. The summed E-state index contributed by atoms with van der Waals surface area (Å²) < 4.78 is 13.9. The van der Waals surface area contributed by atoms with E-state index in [1.165, 1.54) is 6.07 Å². The maximum absolute atomic E-state index is 13.9. The molecule has 2 fully saturated rings. The van der Waals surface area contributed by atoms with Crippen LogP contribution in [0.5, 0.6) is 0 Å². The quantitative estimate of drug-likeness (QED) is 0.826. The minimum atomic E-state index is -0.262. The van der Waals surface area contributed by atoms with Crippen LogP contribution in [0, 0.1) is 17.7 Å². The molecular weight excluding hydrogens is 388 g/mol. The maximum atomic E-state index is 13.9. The lowest BCUT2D eigenvalue weighted by Gasteiger charge is -2.39. The Morgan fingerprint density at radius 1 is 1.28 bits per heavy atom. The fourth-order valence-corrected chi connectivity index (χ4v) is 3.41. The van der Waals surface area contributed by atoms with Crippen molar-refractivity contribution in [2.45, 2.75) is 13.5 Å². The Morgan fingerprint density at radius 3 is 2.44 bits per heavy atom. The van der Waals surface area contributed by atoms with Gasteiger partial charge in [-0.1, -0.05) is 24.6 Å². The van der Waals surface area contributed by atoms with E-state index >= 15 is 0 Å². The number of rotatable bonds is 4. The topological polar surface area (TPSA) is 35.6 Å². The Kier molecular flexibility index (Phi) is 8.92. The summed E-state index contributed by atoms with van der Waals surface area (Å²) in [6.07, 6.45) is 0. The molecule has 0 spiro atoms. The van der Waals surface area contributed by atoms with Gasteiger partial charge in [-0.15, -0.1) is 24.8 Å². The van der Waals surface area contributed by atoms with Gasteiger partial charge in [0.15, 0.2) is 0 Å². The minimum absolute atomic E-state index is 0. The first-order valence-electron chi connectivity index (χ1n) is 8.21. The molecule has 8 heteroatoms. The van der Waals surface area contributed by atoms with Crippen molar-refractivity contribution in [2.24, 2.45) is 11.8 Å². The molecule has 0 aromatic heterocycles. The van der Waals surface area contributed by atoms with Crippen molar-refractivity contribution in [3.05, 3.63) is 34.6 Å². The highest BCUT2D eigenvalue weighted by Crippen LogP contribution is 2.23. The zero-order valence-electron chi connectivity index (χ0n) is 14.2. The smallest absolute Gasteiger partial charge is 0.225 e. The van der Waals surface area contributed by atoms with Crippen molar-refractivity contribution in [3.8, 4) is 0 Å². The number of halogens is 4. The molecule has 0 radical (unpaired) electrons. The predicted octanol–water partition coefficient (Wildman–Crippen LogP) is 2.82. The summed E-state index contributed by atoms with van der Waals surface area (Å²) in [6, 6.07) is 4.78. The standard InChI is InChI=1S/C17H23ClFN3O.2ClH/c1-12(13-9-20-10-13)17(23)22-7-5-21(6-8-22)11-14-15(18)3-2-4-16(14)19;;/h2-4,12-13,20H,5-11H2,1H3;2*1H. The highest BCUT2D eigenvalue weighted by atomic mass is 35.5. The summed E-state index contributed by atoms with van der Waals surface area (Å²) in [5.41, 5.74) is 0.544. The molecule has 0 aliphatic carbocycles. The van der Waals surface area contributed by atoms with E-state index in [-0.39, 0.29) is 42.5 Å². The minimum Gasteiger partial charge on any atom is -0.340 e. The molecule has 2 saturated heterocycles. The van der Waals surface area contributed by atoms with Gasteiger partial charge in [0.05, 0.1) is 0 Å². The Labute approximate surface area is 165 Å². The van der Waals surface area contributed by atoms with Crippen molar-refractivity contribution in [2.75, 3.05) is 39.3 Å². The van der Waals surface area contributed by atoms with Gasteiger partial charge in [0.25, 0.3) is 0 Å². The van der Waals surface area contributed by atoms with Crippen LogP contribution in [0.1, 0.15) is 12.5 Å². The third kappa shape index (κ3) is 5.20. The molecule has 2 aliphatic rings. The van der Waals surface area contributed by atoms with Crippen molar-refractivity contribution in [1.82, 2.24) is 15.1 Å². The number of carbonyl (C=O) groups is 1. The lowest BCUT2D eigenvalue weighted by atomic mass is 9.88. The van der Waals surface area contributed by atoms with Gasteiger partial charge >= 0.3 is 0 Å². The van der Waals surface area contributed by atoms with Crippen LogP contribution in [0.4, 0.5) is 4.39 Å². The molecule has 3 rings (SSSR count). The van der Waals surface area contributed by atoms with Gasteiger partial charge in [0, 0.05) is 49.2 Å². The number of benzene rings is 1. The maximum Gasteiger partial charge on any atom is 0.225 e. The van der Waals surface area contributed by atoms with Crippen molar-refractivity contribution < 1.29 is 9.18 Å². The summed E-state index contributed by atoms with van der Waals surface area (Å²) in [6.45, 7) is 7.33. The Bertz CT molecular complexity index is 558. The van der Waals surface area contributed by atoms with Crippen LogP contribution in [-0.4, -0.2) is 55.0 Å². The molecule has 25 heavy (non-hydrogen) atoms. The van der Waals surface area contributed by atoms with Crippen LogP contribution < -0.4 is 5.32 Å². The van der Waals surface area contributed by atoms with E-state index in [1.807, 2.05) is 11.8 Å². The second-order valence-electron chi connectivity index (χ2n) is 6.51. The van der Waals surface area contributed by atoms with Gasteiger partial charge in [-0.2, -0.15) is 0 Å². The third-order valence-electron chi connectivity index (χ3n) is 5.04. The van der Waals surface area contributed by atoms with Crippen LogP contribution in [0.3, 0.4) is 0 Å². The fourth-order valence-electron chi connectivity index (χ4n) is 3.19. The number of nitrogens with one attached hydrogen (secondary N) is 1. The lowest BCUT2D eigenvalue weighted by molar-refractivity contribution is -0.139. The highest BCUT2D eigenvalue weighted by molar-refractivity contribution is 6.31. The Balaban J connectivity index is 0.00000156. The number of carbonyl (C=O) groups excluding carboxylic acids is 1. The first-order valence-corrected chi connectivity index (χ1v) is 8.59. The van der Waals surface area contributed by atoms with Gasteiger partial charge < -0.3 is 10.2 Å². The SMILES string of the molecule is CC(C(=O)N1CCN(Cc2c(F)cccc2Cl)CC1)C1CNC1.Cl.Cl. The van der Waals surface area contributed by atoms with Crippen LogP contribution in [0.25, 0.3) is 0 Å². The summed E-state index contributed by atoms with van der Waals surface area (Å²) in [4.78, 5) is 16.6. The van der Waals surface area contributed by atoms with Crippen molar-refractivity contribution in [1.29, 1.82) is 0 Å². The molecule has 142 valence electrons. The normalized spacial score (nSPS) is 19.4. The van der Waals surface area contributed by atoms with Crippen LogP contribution in [0.2, 0.25) is 5.02 Å². The molecule has 1 amide bonds. The summed E-state index contributed by atoms with van der Waals surface area (Å²) in [7, 11) is 0. The molecule has 1 aromatic rings. The monoisotopic (exact) mass is 411 g/mol. The molecule has 1 unspecified atom stereocenters. The molecule has 0 bridgehead atoms. The van der Waals surface area contributed by atoms with Gasteiger partial charge in [-0.05, 0) is 31.1 Å². The van der Waals surface area contributed by atoms with E-state index < -0.39 is 0 Å². The summed E-state index contributed by atoms with van der Waals surface area (Å²) in [5.74, 6) is 0.545. The van der Waals surface area contributed by atoms with E-state index in [4.69, 9.17) is 11.6 Å². The summed E-state index contributed by atoms with van der Waals surface area (Å²) >= 11 is 6.09. The van der Waals surface area contributed by atoms with Crippen LogP contribution in [0.15, 0.2) is 18.2 Å². The van der Waals surface area contributed by atoms with E-state index in [9.17, 15) is 9.18 Å². The average molecular weight is 413 g/mol. The van der Waals surface area contributed by atoms with Gasteiger partial charge in [-0.25, -0.2) is 4.39 Å². The molecule has 1 N–H and O–H groups in total. The first kappa shape index (κ1) is 22.5. The number of hydrogen-bond donors (Lipinski definition) is 1. The molecular formula is C17H25Cl3FN3O. The molecule has 1 atom stereocenters. The summed E-state index contributed by atoms with van der Waals surface area (Å²) in [5, 5.41) is 3.69. The number of piperazine rings is 1. The van der Waals surface area contributed by atoms with E-state index in [0.29, 0.717) is 36.1 Å². The Hall–Kier alpha value is -0.590. The van der Waals surface area contributed by atoms with E-state index in [1.54, 1.807) is 12.1 Å². The van der Waals surface area contributed by atoms with Crippen LogP contribution in [-0.2, 0) is 11.3 Å². The van der Waals surface area contributed by atoms with Gasteiger partial charge in [0.1, 0.15) is 5.82 Å². The Morgan fingerprint density at radius 2 is 1.92 bits per heavy atom. The fraction of sp³-hybridized carbons (Fsp3) is 0.588. The lowest BCUT2D eigenvalue weighted by Crippen LogP contribution is -2.54. The molecule has 1 aromatic carbocycles. The van der Waals surface area contributed by atoms with Crippen molar-refractivity contribution in [3.63, 3.8) is 0 Å². The van der Waals surface area contributed by atoms with Crippen LogP contribution >= 0.6 is 36.4 Å². The zero-order chi connectivity index (χ0) is 16.4. The van der Waals surface area contributed by atoms with E-state index in [0.717, 1.165) is 26.2 Å². The second kappa shape index (κ2) is 9.93. The molecule has 2 aliphatic heterocycles.